The second-order valence-electron chi connectivity index (χ2n) is 15.9. The number of nitrogens with zero attached hydrogens (tertiary/aromatic N) is 5. The summed E-state index contributed by atoms with van der Waals surface area (Å²) in [5.41, 5.74) is 3.72. The first-order valence-electron chi connectivity index (χ1n) is 21.1. The van der Waals surface area contributed by atoms with Gasteiger partial charge < -0.3 is 25.4 Å². The van der Waals surface area contributed by atoms with Gasteiger partial charge in [0.25, 0.3) is 23.6 Å². The van der Waals surface area contributed by atoms with Gasteiger partial charge >= 0.3 is 0 Å². The van der Waals surface area contributed by atoms with Crippen molar-refractivity contribution in [3.05, 3.63) is 125 Å². The predicted octanol–water partition coefficient (Wildman–Crippen LogP) is 5.47. The van der Waals surface area contributed by atoms with Gasteiger partial charge in [-0.3, -0.25) is 48.6 Å². The molecule has 0 bridgehead atoms. The van der Waals surface area contributed by atoms with Gasteiger partial charge in [-0.25, -0.2) is 4.39 Å². The van der Waals surface area contributed by atoms with E-state index in [0.29, 0.717) is 64.1 Å². The lowest BCUT2D eigenvalue weighted by Crippen LogP contribution is -2.54. The van der Waals surface area contributed by atoms with Crippen LogP contribution in [0, 0.1) is 5.82 Å². The zero-order chi connectivity index (χ0) is 45.2. The number of rotatable bonds is 16. The Morgan fingerprint density at radius 3 is 2.48 bits per heavy atom. The number of imide groups is 2. The fourth-order valence-electron chi connectivity index (χ4n) is 7.91. The first-order valence-corrected chi connectivity index (χ1v) is 21.1. The Kier molecular flexibility index (Phi) is 11.7. The molecule has 0 radical (unpaired) electrons. The average Bonchev–Trinajstić information content (AvgIpc) is 3.94. The number of piperidine rings is 1. The van der Waals surface area contributed by atoms with Gasteiger partial charge in [-0.1, -0.05) is 35.5 Å². The van der Waals surface area contributed by atoms with E-state index in [1.807, 2.05) is 30.3 Å². The number of amides is 6. The van der Waals surface area contributed by atoms with Crippen LogP contribution in [-0.2, 0) is 22.7 Å². The van der Waals surface area contributed by atoms with Crippen molar-refractivity contribution in [3.63, 3.8) is 0 Å². The number of nitrogens with one attached hydrogen (secondary N) is 4. The van der Waals surface area contributed by atoms with Crippen molar-refractivity contribution < 1.29 is 42.6 Å². The molecule has 2 aliphatic heterocycles. The van der Waals surface area contributed by atoms with Crippen LogP contribution in [0.2, 0.25) is 0 Å². The van der Waals surface area contributed by atoms with E-state index < -0.39 is 41.4 Å². The van der Waals surface area contributed by atoms with Gasteiger partial charge in [-0.15, -0.1) is 5.10 Å². The molecular weight excluding hydrogens is 838 g/mol. The lowest BCUT2D eigenvalue weighted by Gasteiger charge is -2.27. The molecule has 2 aromatic heterocycles. The number of para-hydroxylation sites is 1. The zero-order valence-electron chi connectivity index (χ0n) is 35.1. The summed E-state index contributed by atoms with van der Waals surface area (Å²) in [5, 5.41) is 20.3. The Bertz CT molecular complexity index is 2900. The van der Waals surface area contributed by atoms with Crippen molar-refractivity contribution in [1.82, 2.24) is 40.8 Å². The molecule has 1 saturated carbocycles. The first-order chi connectivity index (χ1) is 31.6. The van der Waals surface area contributed by atoms with Crippen LogP contribution in [0.5, 0.6) is 11.5 Å². The van der Waals surface area contributed by atoms with Gasteiger partial charge in [-0.2, -0.15) is 0 Å². The number of unbranched alkanes of at least 4 members (excludes halogenated alkanes) is 1. The number of anilines is 2. The minimum absolute atomic E-state index is 0.0115. The molecule has 4 aromatic carbocycles. The molecule has 2 fully saturated rings. The molecule has 9 rings (SSSR count). The number of hydrogen-bond donors (Lipinski definition) is 4. The molecule has 330 valence electrons. The number of ether oxygens (including phenoxy) is 2. The van der Waals surface area contributed by atoms with E-state index in [9.17, 15) is 28.8 Å². The number of carbonyl (C=O) groups is 6. The number of aromatic nitrogens is 4. The highest BCUT2D eigenvalue weighted by atomic mass is 19.1. The van der Waals surface area contributed by atoms with Crippen molar-refractivity contribution in [2.24, 2.45) is 0 Å². The molecule has 1 aliphatic carbocycles. The van der Waals surface area contributed by atoms with E-state index in [-0.39, 0.29) is 60.4 Å². The van der Waals surface area contributed by atoms with Crippen molar-refractivity contribution in [1.29, 1.82) is 0 Å². The number of aryl methyl sites for hydroxylation is 1. The highest BCUT2D eigenvalue weighted by Crippen LogP contribution is 2.39. The van der Waals surface area contributed by atoms with Crippen LogP contribution >= 0.6 is 0 Å². The van der Waals surface area contributed by atoms with Gasteiger partial charge in [-0.05, 0) is 80.1 Å². The summed E-state index contributed by atoms with van der Waals surface area (Å²) in [4.78, 5) is 82.5. The van der Waals surface area contributed by atoms with E-state index in [0.717, 1.165) is 23.4 Å². The molecule has 18 heteroatoms. The van der Waals surface area contributed by atoms with Crippen molar-refractivity contribution in [2.75, 3.05) is 19.0 Å². The fraction of sp³-hybridized carbons (Fsp3) is 0.255. The van der Waals surface area contributed by atoms with E-state index in [2.05, 4.69) is 36.6 Å². The Labute approximate surface area is 370 Å². The largest absolute Gasteiger partial charge is 0.496 e. The van der Waals surface area contributed by atoms with Gasteiger partial charge in [0.15, 0.2) is 0 Å². The number of benzene rings is 4. The summed E-state index contributed by atoms with van der Waals surface area (Å²) in [5.74, 6) is -3.43. The molecular formula is C47H42FN9O8. The summed E-state index contributed by atoms with van der Waals surface area (Å²) in [6, 6.07) is 21.0. The second kappa shape index (κ2) is 18.0. The molecule has 1 atom stereocenters. The monoisotopic (exact) mass is 879 g/mol. The van der Waals surface area contributed by atoms with Gasteiger partial charge in [0.1, 0.15) is 35.7 Å². The third-order valence-electron chi connectivity index (χ3n) is 11.4. The van der Waals surface area contributed by atoms with Crippen LogP contribution in [0.25, 0.3) is 22.0 Å². The smallest absolute Gasteiger partial charge is 0.266 e. The molecule has 6 amide bonds. The van der Waals surface area contributed by atoms with E-state index in [4.69, 9.17) is 9.47 Å². The number of pyridine rings is 1. The SMILES string of the molecule is COc1cc2ncc(C(=O)NC3CC3)c(Nc3ccccc3)c2cc1-c1ccc(C(=O)NCCCCn2cc(COc3cccc4c3C(=O)N(C3CCC(=O)NC3=O)C4=O)nn2)c(F)c1. The highest BCUT2D eigenvalue weighted by Gasteiger charge is 2.46. The lowest BCUT2D eigenvalue weighted by atomic mass is 9.98. The quantitative estimate of drug-likeness (QED) is 0.0704. The molecule has 65 heavy (non-hydrogen) atoms. The summed E-state index contributed by atoms with van der Waals surface area (Å²) >= 11 is 0. The molecule has 4 heterocycles. The maximum atomic E-state index is 15.7. The lowest BCUT2D eigenvalue weighted by molar-refractivity contribution is -0.136. The van der Waals surface area contributed by atoms with Crippen LogP contribution in [0.1, 0.15) is 85.7 Å². The Hall–Kier alpha value is -8.02. The zero-order valence-corrected chi connectivity index (χ0v) is 35.1. The number of fused-ring (bicyclic) bond motifs is 2. The average molecular weight is 880 g/mol. The summed E-state index contributed by atoms with van der Waals surface area (Å²) in [7, 11) is 1.51. The van der Waals surface area contributed by atoms with Crippen molar-refractivity contribution in [3.8, 4) is 22.6 Å². The number of methoxy groups -OCH3 is 1. The molecule has 6 aromatic rings. The highest BCUT2D eigenvalue weighted by molar-refractivity contribution is 6.24. The molecule has 17 nitrogen and oxygen atoms in total. The predicted molar refractivity (Wildman–Crippen MR) is 233 cm³/mol. The van der Waals surface area contributed by atoms with Crippen LogP contribution in [0.15, 0.2) is 91.3 Å². The van der Waals surface area contributed by atoms with E-state index in [1.54, 1.807) is 41.2 Å². The Morgan fingerprint density at radius 2 is 1.71 bits per heavy atom. The van der Waals surface area contributed by atoms with Crippen LogP contribution in [-0.4, -0.2) is 86.1 Å². The topological polar surface area (TPSA) is 216 Å². The first kappa shape index (κ1) is 42.3. The van der Waals surface area contributed by atoms with Crippen LogP contribution in [0.3, 0.4) is 0 Å². The van der Waals surface area contributed by atoms with Crippen molar-refractivity contribution >= 4 is 57.7 Å². The number of hydrogen-bond acceptors (Lipinski definition) is 12. The number of halogens is 1. The van der Waals surface area contributed by atoms with Crippen molar-refractivity contribution in [2.45, 2.75) is 63.8 Å². The van der Waals surface area contributed by atoms with E-state index >= 15 is 4.39 Å². The normalized spacial score (nSPS) is 15.7. The van der Waals surface area contributed by atoms with Gasteiger partial charge in [0.2, 0.25) is 11.8 Å². The summed E-state index contributed by atoms with van der Waals surface area (Å²) in [6.07, 6.45) is 6.27. The standard InChI is InChI=1S/C47H42FN9O8/c1-64-39-22-36-33(42(51-27-8-3-2-4-9-27)34(23-50-36)44(60)52-28-13-14-28)21-32(39)26-12-15-30(35(48)20-26)43(59)49-18-5-6-19-56-24-29(54-55-56)25-65-38-11-7-10-31-41(38)47(63)57(46(31)62)37-16-17-40(58)53-45(37)61/h2-4,7-12,15,20-24,28,37H,5-6,13-14,16-19,25H2,1H3,(H,49,59)(H,50,51)(H,52,60)(H,53,58,61). The van der Waals surface area contributed by atoms with Crippen LogP contribution in [0.4, 0.5) is 15.8 Å². The number of carbonyl (C=O) groups excluding carboxylic acids is 6. The summed E-state index contributed by atoms with van der Waals surface area (Å²) < 4.78 is 28.9. The molecule has 4 N–H and O–H groups in total. The minimum atomic E-state index is -1.10. The Balaban J connectivity index is 0.803. The Morgan fingerprint density at radius 1 is 0.877 bits per heavy atom. The van der Waals surface area contributed by atoms with Gasteiger partial charge in [0, 0.05) is 54.5 Å². The van der Waals surface area contributed by atoms with E-state index in [1.165, 1.54) is 31.5 Å². The van der Waals surface area contributed by atoms with Crippen LogP contribution < -0.4 is 30.7 Å². The molecule has 0 spiro atoms. The molecule has 1 saturated heterocycles. The maximum Gasteiger partial charge on any atom is 0.266 e. The minimum Gasteiger partial charge on any atom is -0.496 e. The summed E-state index contributed by atoms with van der Waals surface area (Å²) in [6.45, 7) is 0.665. The third kappa shape index (κ3) is 8.82. The molecule has 3 aliphatic rings. The molecule has 1 unspecified atom stereocenters. The fourth-order valence-corrected chi connectivity index (χ4v) is 7.91. The maximum absolute atomic E-state index is 15.7. The third-order valence-corrected chi connectivity index (χ3v) is 11.4. The van der Waals surface area contributed by atoms with Gasteiger partial charge in [0.05, 0.1) is 46.8 Å². The second-order valence-corrected chi connectivity index (χ2v) is 15.9.